The van der Waals surface area contributed by atoms with Crippen molar-refractivity contribution in [1.82, 2.24) is 41.4 Å². The number of hydrogen-bond donors (Lipinski definition) is 14. The summed E-state index contributed by atoms with van der Waals surface area (Å²) in [6.45, 7) is 3.08. The number of carbonyl (C=O) groups is 7. The minimum Gasteiger partial charge on any atom is -0.504 e. The van der Waals surface area contributed by atoms with Crippen LogP contribution in [0.1, 0.15) is 75.2 Å². The summed E-state index contributed by atoms with van der Waals surface area (Å²) in [4.78, 5) is 108. The standard InChI is InChI=1S/C58H77N9O17S.ClH/c1-4-5-6-20-83-38-14-12-35(13-15-38)56-61-27-45(85-56)33-8-10-34(11-9-33)51(76)62-39-24-36(70)26-60-55(80)49-50(75)30(2)28-67(49)58(82)48(42(73)17-18-59)65-54(79)47(43(74)22-32-7-16-41(72)44(23-32)84-21-19-68)64-53(78)40-25-37(71)29-66(40)57(81)46(31(3)69)63-52(39)77;/h7-16,23,27,30-31,36-37,39-40,42-43,46-50,68-75H,4-6,17-22,24-26,28-29,59H2,1-3H3,(H,60,80)(H,62,76)(H,63,77)(H,64,78)(H,65,79);1H/t30-,31+,36+,37+,39-,40-,42+,43+,46-,47-,48-,49-,50-;/m0./s1. The van der Waals surface area contributed by atoms with Gasteiger partial charge in [-0.25, -0.2) is 4.98 Å². The highest BCUT2D eigenvalue weighted by atomic mass is 35.5. The molecule has 0 radical (unpaired) electrons. The van der Waals surface area contributed by atoms with Gasteiger partial charge in [0.05, 0.1) is 54.7 Å². The summed E-state index contributed by atoms with van der Waals surface area (Å²) in [6, 6.07) is 6.83. The summed E-state index contributed by atoms with van der Waals surface area (Å²) < 4.78 is 11.2. The van der Waals surface area contributed by atoms with Crippen LogP contribution in [0.25, 0.3) is 21.0 Å². The number of aromatic hydroxyl groups is 1. The van der Waals surface area contributed by atoms with E-state index >= 15 is 0 Å². The van der Waals surface area contributed by atoms with E-state index in [4.69, 9.17) is 15.2 Å². The van der Waals surface area contributed by atoms with Crippen molar-refractivity contribution < 1.29 is 83.9 Å². The third-order valence-electron chi connectivity index (χ3n) is 15.1. The van der Waals surface area contributed by atoms with Gasteiger partial charge in [0.15, 0.2) is 11.5 Å². The lowest BCUT2D eigenvalue weighted by molar-refractivity contribution is -0.147. The van der Waals surface area contributed by atoms with Crippen molar-refractivity contribution in [2.24, 2.45) is 11.7 Å². The Bertz CT molecular complexity index is 2960. The number of rotatable bonds is 19. The maximum absolute atomic E-state index is 14.7. The average molecular weight is 1240 g/mol. The number of nitrogens with one attached hydrogen (secondary N) is 5. The first kappa shape index (κ1) is 68.1. The average Bonchev–Trinajstić information content (AvgIpc) is 4.34. The van der Waals surface area contributed by atoms with Crippen molar-refractivity contribution in [1.29, 1.82) is 0 Å². The minimum atomic E-state index is -2.06. The van der Waals surface area contributed by atoms with Crippen molar-refractivity contribution in [2.45, 2.75) is 139 Å². The number of phenols is 1. The number of amides is 7. The molecular weight excluding hydrogens is 1160 g/mol. The molecule has 7 rings (SSSR count). The zero-order valence-corrected chi connectivity index (χ0v) is 49.5. The Morgan fingerprint density at radius 3 is 2.14 bits per heavy atom. The molecule has 3 aliphatic rings. The van der Waals surface area contributed by atoms with Crippen LogP contribution in [0.5, 0.6) is 17.2 Å². The van der Waals surface area contributed by atoms with E-state index in [1.54, 1.807) is 18.3 Å². The molecule has 0 saturated carbocycles. The molecular formula is C58H78ClN9O17S. The van der Waals surface area contributed by atoms with Crippen LogP contribution in [0, 0.1) is 5.92 Å². The molecule has 0 bridgehead atoms. The molecule has 7 amide bonds. The van der Waals surface area contributed by atoms with Gasteiger partial charge in [0.25, 0.3) is 5.91 Å². The van der Waals surface area contributed by atoms with E-state index in [1.165, 1.54) is 48.6 Å². The normalized spacial score (nSPS) is 25.4. The van der Waals surface area contributed by atoms with Gasteiger partial charge < -0.3 is 92.4 Å². The molecule has 0 aliphatic carbocycles. The molecule has 86 heavy (non-hydrogen) atoms. The second-order valence-electron chi connectivity index (χ2n) is 21.6. The molecule has 1 aromatic heterocycles. The van der Waals surface area contributed by atoms with Crippen molar-refractivity contribution in [2.75, 3.05) is 46.0 Å². The molecule has 3 fully saturated rings. The summed E-state index contributed by atoms with van der Waals surface area (Å²) in [5, 5.41) is 101. The SMILES string of the molecule is CCCCCOc1ccc(-c2ncc(-c3ccc(C(=O)N[C@H]4C[C@@H](O)CNC(=O)[C@@H]5[C@@H](O)[C@@H](C)CN5C(=O)[C@H]([C@H](O)CCN)NC(=O)[C@H]([C@H](O)Cc5ccc(O)c(OCCO)c5)NC(=O)[C@@H]5C[C@@H](O)CN5C(=O)[C@H]([C@@H](C)O)NC4=O)cc3)s2)cc1.Cl. The maximum Gasteiger partial charge on any atom is 0.251 e. The zero-order chi connectivity index (χ0) is 61.6. The van der Waals surface area contributed by atoms with Crippen LogP contribution < -0.4 is 41.8 Å². The van der Waals surface area contributed by atoms with Gasteiger partial charge >= 0.3 is 0 Å². The predicted molar refractivity (Wildman–Crippen MR) is 314 cm³/mol. The number of hydrogen-bond acceptors (Lipinski definition) is 20. The molecule has 4 heterocycles. The molecule has 0 unspecified atom stereocenters. The number of halogens is 1. The number of β-amino-alcohol motifs (C(OH)–C–C–N with tert-alkyl or cyclic N) is 1. The number of fused-ring (bicyclic) bond motifs is 2. The lowest BCUT2D eigenvalue weighted by atomic mass is 9.98. The summed E-state index contributed by atoms with van der Waals surface area (Å²) in [6.07, 6.45) is -7.09. The third-order valence-corrected chi connectivity index (χ3v) is 16.2. The number of aromatic nitrogens is 1. The van der Waals surface area contributed by atoms with E-state index in [1.807, 2.05) is 24.3 Å². The number of thiazole rings is 1. The van der Waals surface area contributed by atoms with Crippen LogP contribution in [0.2, 0.25) is 0 Å². The van der Waals surface area contributed by atoms with Gasteiger partial charge in [-0.3, -0.25) is 33.6 Å². The Morgan fingerprint density at radius 1 is 0.791 bits per heavy atom. The van der Waals surface area contributed by atoms with E-state index in [0.29, 0.717) is 12.2 Å². The van der Waals surface area contributed by atoms with Crippen LogP contribution in [-0.2, 0) is 35.2 Å². The molecule has 3 saturated heterocycles. The maximum atomic E-state index is 14.7. The lowest BCUT2D eigenvalue weighted by Crippen LogP contribution is -2.64. The van der Waals surface area contributed by atoms with Crippen molar-refractivity contribution >= 4 is 65.1 Å². The second kappa shape index (κ2) is 31.6. The van der Waals surface area contributed by atoms with E-state index in [-0.39, 0.29) is 61.2 Å². The topological polar surface area (TPSA) is 405 Å². The van der Waals surface area contributed by atoms with Crippen LogP contribution in [0.4, 0.5) is 0 Å². The second-order valence-corrected chi connectivity index (χ2v) is 22.7. The molecule has 26 nitrogen and oxygen atoms in total. The van der Waals surface area contributed by atoms with Crippen LogP contribution in [0.15, 0.2) is 72.9 Å². The summed E-state index contributed by atoms with van der Waals surface area (Å²) in [5.74, 6) is -8.05. The lowest BCUT2D eigenvalue weighted by Gasteiger charge is -2.34. The number of ether oxygens (including phenoxy) is 2. The Kier molecular flexibility index (Phi) is 25.0. The quantitative estimate of drug-likeness (QED) is 0.0493. The van der Waals surface area contributed by atoms with E-state index in [2.05, 4.69) is 38.5 Å². The van der Waals surface area contributed by atoms with Crippen molar-refractivity contribution in [3.05, 3.63) is 84.1 Å². The third kappa shape index (κ3) is 17.1. The number of unbranched alkanes of at least 4 members (excludes halogenated alkanes) is 2. The van der Waals surface area contributed by atoms with Crippen LogP contribution >= 0.6 is 23.7 Å². The predicted octanol–water partition coefficient (Wildman–Crippen LogP) is -1.16. The van der Waals surface area contributed by atoms with Crippen molar-refractivity contribution in [3.63, 3.8) is 0 Å². The summed E-state index contributed by atoms with van der Waals surface area (Å²) in [5.41, 5.74) is 7.65. The number of aliphatic hydroxyl groups excluding tert-OH is 7. The molecule has 3 aromatic carbocycles. The summed E-state index contributed by atoms with van der Waals surface area (Å²) in [7, 11) is 0. The van der Waals surface area contributed by atoms with Gasteiger partial charge in [0.1, 0.15) is 53.6 Å². The Morgan fingerprint density at radius 2 is 1.47 bits per heavy atom. The van der Waals surface area contributed by atoms with Gasteiger partial charge in [-0.1, -0.05) is 44.9 Å². The summed E-state index contributed by atoms with van der Waals surface area (Å²) >= 11 is 1.42. The fourth-order valence-electron chi connectivity index (χ4n) is 10.4. The minimum absolute atomic E-state index is 0. The van der Waals surface area contributed by atoms with Gasteiger partial charge in [0, 0.05) is 62.1 Å². The van der Waals surface area contributed by atoms with Gasteiger partial charge in [-0.05, 0) is 86.0 Å². The molecule has 3 aliphatic heterocycles. The highest BCUT2D eigenvalue weighted by molar-refractivity contribution is 7.18. The van der Waals surface area contributed by atoms with E-state index in [9.17, 15) is 74.4 Å². The number of carbonyl (C=O) groups excluding carboxylic acids is 7. The fraction of sp³-hybridized carbons (Fsp3) is 0.517. The first-order valence-corrected chi connectivity index (χ1v) is 29.2. The molecule has 0 spiro atoms. The fourth-order valence-corrected chi connectivity index (χ4v) is 11.3. The van der Waals surface area contributed by atoms with Crippen LogP contribution in [0.3, 0.4) is 0 Å². The number of phenolic OH excluding ortho intramolecular Hbond substituents is 1. The molecule has 15 N–H and O–H groups in total. The number of nitrogens with zero attached hydrogens (tertiary/aromatic N) is 3. The van der Waals surface area contributed by atoms with E-state index in [0.717, 1.165) is 57.2 Å². The smallest absolute Gasteiger partial charge is 0.251 e. The Balaban J connectivity index is 0.0000118. The Labute approximate surface area is 506 Å². The van der Waals surface area contributed by atoms with Gasteiger partial charge in [-0.2, -0.15) is 0 Å². The zero-order valence-electron chi connectivity index (χ0n) is 47.8. The van der Waals surface area contributed by atoms with Gasteiger partial charge in [0.2, 0.25) is 35.4 Å². The first-order chi connectivity index (χ1) is 40.6. The number of benzene rings is 3. The molecule has 28 heteroatoms. The monoisotopic (exact) mass is 1240 g/mol. The number of aliphatic hydroxyl groups is 7. The van der Waals surface area contributed by atoms with Crippen LogP contribution in [-0.4, -0.2) is 216 Å². The highest BCUT2D eigenvalue weighted by Gasteiger charge is 2.50. The number of nitrogens with two attached hydrogens (primary N) is 1. The molecule has 13 atom stereocenters. The molecule has 4 aromatic rings. The largest absolute Gasteiger partial charge is 0.504 e. The molecule has 470 valence electrons. The first-order valence-electron chi connectivity index (χ1n) is 28.4. The highest BCUT2D eigenvalue weighted by Crippen LogP contribution is 2.34. The van der Waals surface area contributed by atoms with Gasteiger partial charge in [-0.15, -0.1) is 23.7 Å². The van der Waals surface area contributed by atoms with Crippen molar-refractivity contribution in [3.8, 4) is 38.3 Å². The Hall–Kier alpha value is -7.05. The van der Waals surface area contributed by atoms with E-state index < -0.39 is 159 Å².